The number of allylic oxidation sites excluding steroid dienone is 2. The number of hydrogen-bond donors (Lipinski definition) is 0. The van der Waals surface area contributed by atoms with E-state index >= 15 is 0 Å². The number of benzene rings is 1. The molecular formula is C15H15N3. The normalized spacial score (nSPS) is 13.9. The Hall–Kier alpha value is -2.17. The maximum absolute atomic E-state index is 8.37. The summed E-state index contributed by atoms with van der Waals surface area (Å²) >= 11 is 0. The van der Waals surface area contributed by atoms with Gasteiger partial charge in [-0.15, -0.1) is 0 Å². The maximum Gasteiger partial charge on any atom is 0.0523 e. The second-order valence-corrected chi connectivity index (χ2v) is 4.27. The fourth-order valence-electron chi connectivity index (χ4n) is 1.99. The van der Waals surface area contributed by atoms with Crippen LogP contribution in [0.4, 0.5) is 0 Å². The quantitative estimate of drug-likeness (QED) is 0.318. The van der Waals surface area contributed by atoms with Crippen molar-refractivity contribution in [2.45, 2.75) is 32.2 Å². The van der Waals surface area contributed by atoms with E-state index in [2.05, 4.69) is 27.9 Å². The highest BCUT2D eigenvalue weighted by atomic mass is 15.1. The monoisotopic (exact) mass is 237 g/mol. The summed E-state index contributed by atoms with van der Waals surface area (Å²) in [4.78, 5) is 2.79. The van der Waals surface area contributed by atoms with Crippen LogP contribution in [0.1, 0.15) is 36.8 Å². The minimum Gasteiger partial charge on any atom is -0.0892 e. The molecule has 1 aliphatic rings. The van der Waals surface area contributed by atoms with E-state index in [-0.39, 0.29) is 0 Å². The smallest absolute Gasteiger partial charge is 0.0523 e. The number of azide groups is 1. The van der Waals surface area contributed by atoms with Crippen LogP contribution in [0.2, 0.25) is 0 Å². The van der Waals surface area contributed by atoms with Crippen molar-refractivity contribution in [3.8, 4) is 11.8 Å². The van der Waals surface area contributed by atoms with Gasteiger partial charge in [0.2, 0.25) is 0 Å². The molecule has 3 heteroatoms. The highest BCUT2D eigenvalue weighted by Gasteiger charge is 2.01. The summed E-state index contributed by atoms with van der Waals surface area (Å²) in [6.45, 7) is 0.362. The Morgan fingerprint density at radius 2 is 2.11 bits per heavy atom. The predicted molar refractivity (Wildman–Crippen MR) is 72.7 cm³/mol. The molecule has 90 valence electrons. The zero-order chi connectivity index (χ0) is 12.6. The van der Waals surface area contributed by atoms with Crippen LogP contribution in [-0.2, 0) is 6.54 Å². The largest absolute Gasteiger partial charge is 0.0892 e. The van der Waals surface area contributed by atoms with Gasteiger partial charge in [-0.25, -0.2) is 0 Å². The average molecular weight is 237 g/mol. The molecule has 0 spiro atoms. The summed E-state index contributed by atoms with van der Waals surface area (Å²) in [7, 11) is 0. The van der Waals surface area contributed by atoms with E-state index in [4.69, 9.17) is 5.53 Å². The molecule has 0 aliphatic heterocycles. The first kappa shape index (κ1) is 12.3. The molecule has 0 amide bonds. The molecule has 18 heavy (non-hydrogen) atoms. The molecule has 0 N–H and O–H groups in total. The van der Waals surface area contributed by atoms with E-state index in [0.29, 0.717) is 6.54 Å². The molecule has 2 rings (SSSR count). The average Bonchev–Trinajstić information content (AvgIpc) is 2.45. The van der Waals surface area contributed by atoms with Crippen molar-refractivity contribution >= 4 is 0 Å². The molecule has 0 atom stereocenters. The van der Waals surface area contributed by atoms with Gasteiger partial charge in [-0.3, -0.25) is 0 Å². The van der Waals surface area contributed by atoms with Crippen LogP contribution in [0.15, 0.2) is 41.0 Å². The topological polar surface area (TPSA) is 48.8 Å². The highest BCUT2D eigenvalue weighted by Crippen LogP contribution is 2.17. The van der Waals surface area contributed by atoms with E-state index in [1.807, 2.05) is 24.3 Å². The Balaban J connectivity index is 2.20. The van der Waals surface area contributed by atoms with E-state index < -0.39 is 0 Å². The molecular weight excluding hydrogens is 222 g/mol. The summed E-state index contributed by atoms with van der Waals surface area (Å²) in [5.41, 5.74) is 11.5. The standard InChI is InChI=1S/C15H15N3/c16-18-17-12-15-9-5-4-8-14(15)11-10-13-6-2-1-3-7-13/h4-6,8-9H,1-3,7,12H2. The molecule has 0 fully saturated rings. The van der Waals surface area contributed by atoms with Gasteiger partial charge in [-0.1, -0.05) is 41.2 Å². The van der Waals surface area contributed by atoms with Crippen molar-refractivity contribution in [1.82, 2.24) is 0 Å². The third-order valence-electron chi connectivity index (χ3n) is 2.97. The molecule has 1 aliphatic carbocycles. The van der Waals surface area contributed by atoms with Gasteiger partial charge in [0.15, 0.2) is 0 Å². The van der Waals surface area contributed by atoms with Gasteiger partial charge in [-0.2, -0.15) is 0 Å². The van der Waals surface area contributed by atoms with Crippen LogP contribution in [-0.4, -0.2) is 0 Å². The molecule has 1 aromatic carbocycles. The van der Waals surface area contributed by atoms with Gasteiger partial charge < -0.3 is 0 Å². The minimum absolute atomic E-state index is 0.362. The zero-order valence-electron chi connectivity index (χ0n) is 10.3. The predicted octanol–water partition coefficient (Wildman–Crippen LogP) is 4.35. The van der Waals surface area contributed by atoms with Crippen LogP contribution in [0.3, 0.4) is 0 Å². The fourth-order valence-corrected chi connectivity index (χ4v) is 1.99. The summed E-state index contributed by atoms with van der Waals surface area (Å²) in [6.07, 6.45) is 6.97. The van der Waals surface area contributed by atoms with Crippen molar-refractivity contribution in [2.24, 2.45) is 5.11 Å². The zero-order valence-corrected chi connectivity index (χ0v) is 10.3. The maximum atomic E-state index is 8.37. The lowest BCUT2D eigenvalue weighted by molar-refractivity contribution is 0.715. The summed E-state index contributed by atoms with van der Waals surface area (Å²) in [5.74, 6) is 6.42. The van der Waals surface area contributed by atoms with Crippen molar-refractivity contribution < 1.29 is 0 Å². The minimum atomic E-state index is 0.362. The van der Waals surface area contributed by atoms with E-state index in [1.165, 1.54) is 18.4 Å². The molecule has 0 saturated carbocycles. The lowest BCUT2D eigenvalue weighted by Crippen LogP contribution is -1.90. The Morgan fingerprint density at radius 3 is 2.89 bits per heavy atom. The summed E-state index contributed by atoms with van der Waals surface area (Å²) < 4.78 is 0. The second kappa shape index (κ2) is 6.54. The van der Waals surface area contributed by atoms with Crippen LogP contribution < -0.4 is 0 Å². The summed E-state index contributed by atoms with van der Waals surface area (Å²) in [5, 5.41) is 3.60. The Labute approximate surface area is 107 Å². The molecule has 0 radical (unpaired) electrons. The van der Waals surface area contributed by atoms with Gasteiger partial charge in [0, 0.05) is 10.5 Å². The first-order valence-corrected chi connectivity index (χ1v) is 6.20. The van der Waals surface area contributed by atoms with Crippen molar-refractivity contribution in [3.63, 3.8) is 0 Å². The molecule has 0 heterocycles. The van der Waals surface area contributed by atoms with Crippen LogP contribution in [0, 0.1) is 11.8 Å². The first-order valence-electron chi connectivity index (χ1n) is 6.20. The SMILES string of the molecule is [N-]=[N+]=NCc1ccccc1C#CC1=CCCCC1. The second-order valence-electron chi connectivity index (χ2n) is 4.27. The van der Waals surface area contributed by atoms with E-state index in [1.54, 1.807) is 0 Å². The van der Waals surface area contributed by atoms with E-state index in [0.717, 1.165) is 24.0 Å². The molecule has 0 unspecified atom stereocenters. The Kier molecular flexibility index (Phi) is 4.46. The summed E-state index contributed by atoms with van der Waals surface area (Å²) in [6, 6.07) is 7.82. The Bertz CT molecular complexity index is 555. The van der Waals surface area contributed by atoms with Gasteiger partial charge in [-0.05, 0) is 48.4 Å². The van der Waals surface area contributed by atoms with Crippen molar-refractivity contribution in [3.05, 3.63) is 57.5 Å². The third-order valence-corrected chi connectivity index (χ3v) is 2.97. The Morgan fingerprint density at radius 1 is 1.22 bits per heavy atom. The van der Waals surface area contributed by atoms with Crippen molar-refractivity contribution in [2.75, 3.05) is 0 Å². The molecule has 0 saturated heterocycles. The van der Waals surface area contributed by atoms with Crippen LogP contribution in [0.25, 0.3) is 10.4 Å². The first-order chi connectivity index (χ1) is 8.90. The number of nitrogens with zero attached hydrogens (tertiary/aromatic N) is 3. The third kappa shape index (κ3) is 3.41. The fraction of sp³-hybridized carbons (Fsp3) is 0.333. The van der Waals surface area contributed by atoms with Gasteiger partial charge in [0.25, 0.3) is 0 Å². The molecule has 0 bridgehead atoms. The van der Waals surface area contributed by atoms with Crippen molar-refractivity contribution in [1.29, 1.82) is 0 Å². The van der Waals surface area contributed by atoms with Crippen LogP contribution in [0.5, 0.6) is 0 Å². The lowest BCUT2D eigenvalue weighted by atomic mass is 9.99. The van der Waals surface area contributed by atoms with Gasteiger partial charge >= 0.3 is 0 Å². The molecule has 0 aromatic heterocycles. The number of rotatable bonds is 2. The van der Waals surface area contributed by atoms with Crippen LogP contribution >= 0.6 is 0 Å². The van der Waals surface area contributed by atoms with Gasteiger partial charge in [0.1, 0.15) is 0 Å². The highest BCUT2D eigenvalue weighted by molar-refractivity contribution is 5.45. The number of hydrogen-bond acceptors (Lipinski definition) is 1. The molecule has 1 aromatic rings. The molecule has 3 nitrogen and oxygen atoms in total. The van der Waals surface area contributed by atoms with E-state index in [9.17, 15) is 0 Å². The lowest BCUT2D eigenvalue weighted by Gasteiger charge is -2.06. The van der Waals surface area contributed by atoms with Gasteiger partial charge in [0.05, 0.1) is 6.54 Å².